The van der Waals surface area contributed by atoms with Gasteiger partial charge in [0.25, 0.3) is 0 Å². The van der Waals surface area contributed by atoms with Crippen molar-refractivity contribution in [2.75, 3.05) is 19.6 Å². The number of nitrogens with two attached hydrogens (primary N) is 1. The van der Waals surface area contributed by atoms with Crippen LogP contribution in [0.1, 0.15) is 25.7 Å². The molecule has 4 heteroatoms. The summed E-state index contributed by atoms with van der Waals surface area (Å²) in [4.78, 5) is 14.8. The van der Waals surface area contributed by atoms with Crippen LogP contribution in [0.25, 0.3) is 0 Å². The summed E-state index contributed by atoms with van der Waals surface area (Å²) in [7, 11) is 0. The van der Waals surface area contributed by atoms with Gasteiger partial charge in [0.05, 0.1) is 5.54 Å². The van der Waals surface area contributed by atoms with E-state index in [4.69, 9.17) is 5.73 Å². The first kappa shape index (κ1) is 10.3. The van der Waals surface area contributed by atoms with Gasteiger partial charge in [0, 0.05) is 31.6 Å². The standard InChI is InChI=1S/C13H21N3O/c14-11-6-10(8-5-9(8)11)12(17)15-13-1-3-16(7-13)4-2-13/h8-11H,1-7,14H2,(H,15,17)/t8-,9+,10-,11+/m0/s1. The van der Waals surface area contributed by atoms with Gasteiger partial charge in [-0.2, -0.15) is 0 Å². The number of nitrogens with zero attached hydrogens (tertiary/aromatic N) is 1. The molecule has 2 aliphatic heterocycles. The quantitative estimate of drug-likeness (QED) is 0.704. The van der Waals surface area contributed by atoms with Gasteiger partial charge in [-0.15, -0.1) is 0 Å². The number of fused-ring (bicyclic) bond motifs is 3. The molecule has 2 saturated heterocycles. The Balaban J connectivity index is 1.44. The Morgan fingerprint density at radius 3 is 2.47 bits per heavy atom. The van der Waals surface area contributed by atoms with E-state index in [1.54, 1.807) is 0 Å². The molecule has 4 atom stereocenters. The van der Waals surface area contributed by atoms with Crippen LogP contribution in [-0.2, 0) is 4.79 Å². The van der Waals surface area contributed by atoms with Gasteiger partial charge in [-0.25, -0.2) is 0 Å². The van der Waals surface area contributed by atoms with Crippen molar-refractivity contribution in [1.82, 2.24) is 10.2 Å². The maximum Gasteiger partial charge on any atom is 0.223 e. The van der Waals surface area contributed by atoms with E-state index in [0.29, 0.717) is 17.7 Å². The fraction of sp³-hybridized carbons (Fsp3) is 0.923. The highest BCUT2D eigenvalue weighted by molar-refractivity contribution is 5.81. The van der Waals surface area contributed by atoms with Crippen LogP contribution in [0.3, 0.4) is 0 Å². The summed E-state index contributed by atoms with van der Waals surface area (Å²) in [5.41, 5.74) is 6.16. The van der Waals surface area contributed by atoms with E-state index in [1.165, 1.54) is 6.42 Å². The molecule has 17 heavy (non-hydrogen) atoms. The van der Waals surface area contributed by atoms with Crippen LogP contribution in [0, 0.1) is 17.8 Å². The van der Waals surface area contributed by atoms with E-state index in [1.807, 2.05) is 0 Å². The zero-order chi connectivity index (χ0) is 11.6. The topological polar surface area (TPSA) is 58.4 Å². The minimum absolute atomic E-state index is 0.119. The molecule has 1 amide bonds. The predicted octanol–water partition coefficient (Wildman–Crippen LogP) is -0.0659. The van der Waals surface area contributed by atoms with Gasteiger partial charge in [0.15, 0.2) is 0 Å². The first-order valence-electron chi connectivity index (χ1n) is 6.97. The second-order valence-electron chi connectivity index (χ2n) is 6.62. The lowest BCUT2D eigenvalue weighted by Crippen LogP contribution is -2.50. The average Bonchev–Trinajstić information content (AvgIpc) is 2.70. The molecule has 0 aromatic rings. The lowest BCUT2D eigenvalue weighted by atomic mass is 9.93. The molecule has 4 nitrogen and oxygen atoms in total. The van der Waals surface area contributed by atoms with Gasteiger partial charge in [0.1, 0.15) is 0 Å². The monoisotopic (exact) mass is 235 g/mol. The largest absolute Gasteiger partial charge is 0.349 e. The van der Waals surface area contributed by atoms with Gasteiger partial charge in [-0.3, -0.25) is 4.79 Å². The molecule has 2 heterocycles. The Morgan fingerprint density at radius 1 is 1.24 bits per heavy atom. The van der Waals surface area contributed by atoms with Crippen molar-refractivity contribution in [3.05, 3.63) is 0 Å². The molecule has 2 aliphatic carbocycles. The van der Waals surface area contributed by atoms with Gasteiger partial charge >= 0.3 is 0 Å². The van der Waals surface area contributed by atoms with Crippen molar-refractivity contribution in [3.63, 3.8) is 0 Å². The van der Waals surface area contributed by atoms with Crippen molar-refractivity contribution in [2.45, 2.75) is 37.3 Å². The van der Waals surface area contributed by atoms with E-state index in [2.05, 4.69) is 10.2 Å². The summed E-state index contributed by atoms with van der Waals surface area (Å²) in [5, 5.41) is 3.37. The van der Waals surface area contributed by atoms with Gasteiger partial charge in [-0.1, -0.05) is 0 Å². The van der Waals surface area contributed by atoms with Crippen LogP contribution >= 0.6 is 0 Å². The Hall–Kier alpha value is -0.610. The lowest BCUT2D eigenvalue weighted by molar-refractivity contribution is -0.127. The van der Waals surface area contributed by atoms with Crippen molar-refractivity contribution in [1.29, 1.82) is 0 Å². The van der Waals surface area contributed by atoms with Gasteiger partial charge in [-0.05, 0) is 37.5 Å². The minimum Gasteiger partial charge on any atom is -0.349 e. The van der Waals surface area contributed by atoms with E-state index in [0.717, 1.165) is 38.9 Å². The number of piperidine rings is 1. The van der Waals surface area contributed by atoms with Crippen LogP contribution in [0.5, 0.6) is 0 Å². The number of hydrogen-bond donors (Lipinski definition) is 2. The lowest BCUT2D eigenvalue weighted by Gasteiger charge is -2.28. The zero-order valence-electron chi connectivity index (χ0n) is 10.2. The Bertz CT molecular complexity index is 362. The molecular formula is C13H21N3O. The molecule has 0 unspecified atom stereocenters. The normalized spacial score (nSPS) is 54.8. The number of carbonyl (C=O) groups is 1. The summed E-state index contributed by atoms with van der Waals surface area (Å²) in [6, 6.07) is 0.289. The highest BCUT2D eigenvalue weighted by Crippen LogP contribution is 2.54. The number of hydrogen-bond acceptors (Lipinski definition) is 3. The number of rotatable bonds is 2. The zero-order valence-corrected chi connectivity index (χ0v) is 10.2. The van der Waals surface area contributed by atoms with Gasteiger partial charge < -0.3 is 16.0 Å². The van der Waals surface area contributed by atoms with Crippen LogP contribution in [0.2, 0.25) is 0 Å². The summed E-state index contributed by atoms with van der Waals surface area (Å²) in [6.45, 7) is 3.40. The fourth-order valence-corrected chi connectivity index (χ4v) is 4.38. The third-order valence-corrected chi connectivity index (χ3v) is 5.55. The SMILES string of the molecule is N[C@@H]1C[C@H](C(=O)NC23CCN(CC2)C3)[C@H]2C[C@H]21. The molecule has 0 aromatic carbocycles. The maximum absolute atomic E-state index is 12.4. The Kier molecular flexibility index (Phi) is 1.96. The predicted molar refractivity (Wildman–Crippen MR) is 64.2 cm³/mol. The second-order valence-corrected chi connectivity index (χ2v) is 6.62. The smallest absolute Gasteiger partial charge is 0.223 e. The number of amides is 1. The molecule has 2 bridgehead atoms. The molecule has 0 radical (unpaired) electrons. The van der Waals surface area contributed by atoms with Crippen molar-refractivity contribution in [2.24, 2.45) is 23.5 Å². The summed E-state index contributed by atoms with van der Waals surface area (Å²) in [5.74, 6) is 1.79. The van der Waals surface area contributed by atoms with E-state index >= 15 is 0 Å². The molecule has 94 valence electrons. The van der Waals surface area contributed by atoms with Crippen LogP contribution < -0.4 is 11.1 Å². The molecule has 2 saturated carbocycles. The van der Waals surface area contributed by atoms with E-state index in [-0.39, 0.29) is 17.5 Å². The van der Waals surface area contributed by atoms with Crippen LogP contribution in [0.15, 0.2) is 0 Å². The Morgan fingerprint density at radius 2 is 2.00 bits per heavy atom. The molecule has 4 rings (SSSR count). The summed E-state index contributed by atoms with van der Waals surface area (Å²) >= 11 is 0. The second kappa shape index (κ2) is 3.23. The average molecular weight is 235 g/mol. The highest BCUT2D eigenvalue weighted by Gasteiger charge is 2.56. The molecule has 4 fully saturated rings. The third kappa shape index (κ3) is 1.47. The number of nitrogens with one attached hydrogen (secondary N) is 1. The van der Waals surface area contributed by atoms with Crippen molar-refractivity contribution >= 4 is 5.91 Å². The number of carbonyl (C=O) groups excluding carboxylic acids is 1. The highest BCUT2D eigenvalue weighted by atomic mass is 16.2. The van der Waals surface area contributed by atoms with Gasteiger partial charge in [0.2, 0.25) is 5.91 Å². The molecule has 0 aromatic heterocycles. The van der Waals surface area contributed by atoms with Crippen LogP contribution in [0.4, 0.5) is 0 Å². The molecule has 0 spiro atoms. The fourth-order valence-electron chi connectivity index (χ4n) is 4.38. The summed E-state index contributed by atoms with van der Waals surface area (Å²) in [6.07, 6.45) is 4.40. The van der Waals surface area contributed by atoms with Crippen LogP contribution in [-0.4, -0.2) is 42.0 Å². The third-order valence-electron chi connectivity index (χ3n) is 5.55. The maximum atomic E-state index is 12.4. The Labute approximate surface area is 102 Å². The van der Waals surface area contributed by atoms with Crippen molar-refractivity contribution < 1.29 is 4.79 Å². The summed E-state index contributed by atoms with van der Waals surface area (Å²) < 4.78 is 0. The van der Waals surface area contributed by atoms with E-state index in [9.17, 15) is 4.79 Å². The molecular weight excluding hydrogens is 214 g/mol. The first-order valence-corrected chi connectivity index (χ1v) is 6.97. The molecule has 4 aliphatic rings. The van der Waals surface area contributed by atoms with E-state index < -0.39 is 0 Å². The minimum atomic E-state index is 0.119. The first-order chi connectivity index (χ1) is 8.17. The van der Waals surface area contributed by atoms with Crippen molar-refractivity contribution in [3.8, 4) is 0 Å². The molecule has 3 N–H and O–H groups in total.